The molecular formula is C8H6F2INO2. The van der Waals surface area contributed by atoms with Gasteiger partial charge in [0.1, 0.15) is 5.69 Å². The Bertz CT molecular complexity index is 382. The number of alkyl halides is 2. The van der Waals surface area contributed by atoms with Gasteiger partial charge in [0.15, 0.2) is 5.69 Å². The lowest BCUT2D eigenvalue weighted by molar-refractivity contribution is 0.0687. The summed E-state index contributed by atoms with van der Waals surface area (Å²) in [6, 6.07) is 1.39. The van der Waals surface area contributed by atoms with Gasteiger partial charge in [-0.25, -0.2) is 18.6 Å². The van der Waals surface area contributed by atoms with Gasteiger partial charge < -0.3 is 5.11 Å². The van der Waals surface area contributed by atoms with E-state index in [1.165, 1.54) is 13.0 Å². The average Bonchev–Trinajstić information content (AvgIpc) is 2.02. The Morgan fingerprint density at radius 2 is 2.21 bits per heavy atom. The predicted octanol–water partition coefficient (Wildman–Crippen LogP) is 2.63. The maximum atomic E-state index is 12.3. The number of pyridine rings is 1. The van der Waals surface area contributed by atoms with E-state index >= 15 is 0 Å². The van der Waals surface area contributed by atoms with Crippen LogP contribution in [0, 0.1) is 10.5 Å². The number of aromatic nitrogens is 1. The molecule has 0 aromatic carbocycles. The summed E-state index contributed by atoms with van der Waals surface area (Å²) in [5, 5.41) is 8.65. The van der Waals surface area contributed by atoms with Gasteiger partial charge in [-0.2, -0.15) is 0 Å². The van der Waals surface area contributed by atoms with Crippen molar-refractivity contribution in [2.75, 3.05) is 0 Å². The minimum Gasteiger partial charge on any atom is -0.477 e. The van der Waals surface area contributed by atoms with Crippen LogP contribution < -0.4 is 0 Å². The topological polar surface area (TPSA) is 50.2 Å². The van der Waals surface area contributed by atoms with Crippen molar-refractivity contribution >= 4 is 28.6 Å². The van der Waals surface area contributed by atoms with Gasteiger partial charge in [-0.1, -0.05) is 0 Å². The molecular weight excluding hydrogens is 307 g/mol. The van der Waals surface area contributed by atoms with Crippen molar-refractivity contribution in [3.63, 3.8) is 0 Å². The second kappa shape index (κ2) is 4.16. The number of nitrogens with zero attached hydrogens (tertiary/aromatic N) is 1. The van der Waals surface area contributed by atoms with E-state index in [1.54, 1.807) is 22.6 Å². The van der Waals surface area contributed by atoms with Crippen molar-refractivity contribution < 1.29 is 18.7 Å². The van der Waals surface area contributed by atoms with Crippen LogP contribution in [0.4, 0.5) is 8.78 Å². The van der Waals surface area contributed by atoms with Crippen LogP contribution >= 0.6 is 22.6 Å². The first-order chi connectivity index (χ1) is 6.43. The first-order valence-electron chi connectivity index (χ1n) is 3.62. The third-order valence-corrected chi connectivity index (χ3v) is 2.47. The summed E-state index contributed by atoms with van der Waals surface area (Å²) < 4.78 is 25.0. The molecule has 0 spiro atoms. The summed E-state index contributed by atoms with van der Waals surface area (Å²) in [5.41, 5.74) is -0.416. The zero-order valence-electron chi connectivity index (χ0n) is 7.09. The monoisotopic (exact) mass is 313 g/mol. The van der Waals surface area contributed by atoms with Crippen LogP contribution in [0.3, 0.4) is 0 Å². The van der Waals surface area contributed by atoms with E-state index in [4.69, 9.17) is 5.11 Å². The highest BCUT2D eigenvalue weighted by molar-refractivity contribution is 14.1. The molecule has 0 radical (unpaired) electrons. The zero-order chi connectivity index (χ0) is 10.9. The maximum Gasteiger partial charge on any atom is 0.354 e. The van der Waals surface area contributed by atoms with Crippen molar-refractivity contribution in [2.24, 2.45) is 0 Å². The first kappa shape index (κ1) is 11.3. The van der Waals surface area contributed by atoms with Crippen LogP contribution in [0.15, 0.2) is 6.07 Å². The lowest BCUT2D eigenvalue weighted by Gasteiger charge is -2.06. The van der Waals surface area contributed by atoms with E-state index in [2.05, 4.69) is 4.98 Å². The summed E-state index contributed by atoms with van der Waals surface area (Å²) in [5.74, 6) is -1.29. The highest BCUT2D eigenvalue weighted by Crippen LogP contribution is 2.24. The molecule has 0 aliphatic rings. The largest absolute Gasteiger partial charge is 0.477 e. The van der Waals surface area contributed by atoms with Gasteiger partial charge in [0.2, 0.25) is 0 Å². The molecule has 3 nitrogen and oxygen atoms in total. The van der Waals surface area contributed by atoms with Gasteiger partial charge in [0, 0.05) is 3.57 Å². The second-order valence-corrected chi connectivity index (χ2v) is 3.79. The minimum atomic E-state index is -2.75. The fourth-order valence-corrected chi connectivity index (χ4v) is 1.79. The van der Waals surface area contributed by atoms with Crippen molar-refractivity contribution in [3.05, 3.63) is 26.6 Å². The molecule has 14 heavy (non-hydrogen) atoms. The fraction of sp³-hybridized carbons (Fsp3) is 0.250. The van der Waals surface area contributed by atoms with Gasteiger partial charge in [-0.15, -0.1) is 0 Å². The molecule has 1 heterocycles. The maximum absolute atomic E-state index is 12.3. The molecule has 1 N–H and O–H groups in total. The highest BCUT2D eigenvalue weighted by atomic mass is 127. The number of rotatable bonds is 2. The van der Waals surface area contributed by atoms with E-state index in [9.17, 15) is 13.6 Å². The number of hydrogen-bond donors (Lipinski definition) is 1. The molecule has 0 bridgehead atoms. The van der Waals surface area contributed by atoms with Gasteiger partial charge in [-0.3, -0.25) is 0 Å². The Morgan fingerprint density at radius 1 is 1.64 bits per heavy atom. The third kappa shape index (κ3) is 2.17. The Morgan fingerprint density at radius 3 is 2.64 bits per heavy atom. The Hall–Kier alpha value is -0.790. The number of aromatic carboxylic acids is 1. The van der Waals surface area contributed by atoms with Crippen LogP contribution in [0.1, 0.15) is 28.2 Å². The van der Waals surface area contributed by atoms with Crippen molar-refractivity contribution in [1.29, 1.82) is 0 Å². The van der Waals surface area contributed by atoms with E-state index in [0.29, 0.717) is 5.56 Å². The molecule has 0 amide bonds. The number of hydrogen-bond acceptors (Lipinski definition) is 2. The van der Waals surface area contributed by atoms with Gasteiger partial charge >= 0.3 is 5.97 Å². The lowest BCUT2D eigenvalue weighted by atomic mass is 10.2. The summed E-state index contributed by atoms with van der Waals surface area (Å²) in [7, 11) is 0. The molecule has 0 aliphatic heterocycles. The van der Waals surface area contributed by atoms with Gasteiger partial charge in [0.05, 0.1) is 0 Å². The SMILES string of the molecule is Cc1cc(I)c(C(F)F)nc1C(=O)O. The molecule has 1 aromatic heterocycles. The summed E-state index contributed by atoms with van der Waals surface area (Å²) in [6.45, 7) is 1.52. The van der Waals surface area contributed by atoms with Crippen LogP contribution in [0.2, 0.25) is 0 Å². The summed E-state index contributed by atoms with van der Waals surface area (Å²) >= 11 is 1.71. The smallest absolute Gasteiger partial charge is 0.354 e. The fourth-order valence-electron chi connectivity index (χ4n) is 0.964. The number of halogens is 3. The third-order valence-electron chi connectivity index (χ3n) is 1.60. The molecule has 1 rings (SSSR count). The number of aryl methyl sites for hydroxylation is 1. The average molecular weight is 313 g/mol. The first-order valence-corrected chi connectivity index (χ1v) is 4.70. The lowest BCUT2D eigenvalue weighted by Crippen LogP contribution is -2.08. The van der Waals surface area contributed by atoms with E-state index in [0.717, 1.165) is 0 Å². The molecule has 0 unspecified atom stereocenters. The van der Waals surface area contributed by atoms with E-state index in [-0.39, 0.29) is 9.26 Å². The van der Waals surface area contributed by atoms with Crippen LogP contribution in [-0.2, 0) is 0 Å². The minimum absolute atomic E-state index is 0.278. The van der Waals surface area contributed by atoms with E-state index < -0.39 is 18.1 Å². The second-order valence-electron chi connectivity index (χ2n) is 2.63. The zero-order valence-corrected chi connectivity index (χ0v) is 9.25. The highest BCUT2D eigenvalue weighted by Gasteiger charge is 2.18. The Kier molecular flexibility index (Phi) is 3.35. The molecule has 0 aliphatic carbocycles. The summed E-state index contributed by atoms with van der Waals surface area (Å²) in [6.07, 6.45) is -2.75. The standard InChI is InChI=1S/C8H6F2INO2/c1-3-2-4(11)6(7(9)10)12-5(3)8(13)14/h2,7H,1H3,(H,13,14). The quantitative estimate of drug-likeness (QED) is 0.854. The number of carboxylic acids is 1. The molecule has 0 saturated carbocycles. The Balaban J connectivity index is 3.34. The molecule has 0 fully saturated rings. The molecule has 6 heteroatoms. The molecule has 0 saturated heterocycles. The van der Waals surface area contributed by atoms with Crippen molar-refractivity contribution in [3.8, 4) is 0 Å². The number of carboxylic acid groups (broad SMARTS) is 1. The number of carbonyl (C=O) groups is 1. The van der Waals surface area contributed by atoms with Gasteiger partial charge in [0.25, 0.3) is 6.43 Å². The van der Waals surface area contributed by atoms with Crippen molar-refractivity contribution in [2.45, 2.75) is 13.3 Å². The van der Waals surface area contributed by atoms with Crippen LogP contribution in [-0.4, -0.2) is 16.1 Å². The predicted molar refractivity (Wildman–Crippen MR) is 53.6 cm³/mol. The molecule has 1 aromatic rings. The van der Waals surface area contributed by atoms with Crippen LogP contribution in [0.5, 0.6) is 0 Å². The van der Waals surface area contributed by atoms with Crippen molar-refractivity contribution in [1.82, 2.24) is 4.98 Å². The normalized spacial score (nSPS) is 10.6. The van der Waals surface area contributed by atoms with Gasteiger partial charge in [-0.05, 0) is 41.1 Å². The Labute approximate surface area is 92.3 Å². The molecule has 0 atom stereocenters. The van der Waals surface area contributed by atoms with E-state index in [1.807, 2.05) is 0 Å². The van der Waals surface area contributed by atoms with Crippen LogP contribution in [0.25, 0.3) is 0 Å². The molecule has 76 valence electrons. The summed E-state index contributed by atoms with van der Waals surface area (Å²) in [4.78, 5) is 14.0.